The van der Waals surface area contributed by atoms with Crippen molar-refractivity contribution >= 4 is 12.4 Å². The molecule has 11 heteroatoms. The molecule has 5 saturated carbocycles. The summed E-state index contributed by atoms with van der Waals surface area (Å²) in [6, 6.07) is 8.65. The zero-order chi connectivity index (χ0) is 30.6. The lowest BCUT2D eigenvalue weighted by Gasteiger charge is -2.61. The van der Waals surface area contributed by atoms with E-state index in [1.807, 2.05) is 0 Å². The molecule has 7 aliphatic rings. The number of nitrogens with zero attached hydrogens (tertiary/aromatic N) is 1. The molecule has 1 aromatic carbocycles. The molecule has 4 bridgehead atoms. The fourth-order valence-corrected chi connectivity index (χ4v) is 8.99. The summed E-state index contributed by atoms with van der Waals surface area (Å²) in [5.74, 6) is 1.26. The summed E-state index contributed by atoms with van der Waals surface area (Å²) >= 11 is 0. The number of benzene rings is 1. The van der Waals surface area contributed by atoms with Crippen molar-refractivity contribution in [3.05, 3.63) is 29.8 Å². The summed E-state index contributed by atoms with van der Waals surface area (Å²) in [5, 5.41) is 10.1. The molecule has 2 spiro atoms. The van der Waals surface area contributed by atoms with Crippen LogP contribution in [0.3, 0.4) is 0 Å². The van der Waals surface area contributed by atoms with Crippen molar-refractivity contribution in [3.8, 4) is 5.75 Å². The molecular weight excluding hydrogens is 566 g/mol. The van der Waals surface area contributed by atoms with Gasteiger partial charge < -0.3 is 30.4 Å². The van der Waals surface area contributed by atoms with E-state index in [0.717, 1.165) is 103 Å². The maximum absolute atomic E-state index is 13.3. The number of carboxylic acid groups (broad SMARTS) is 1. The van der Waals surface area contributed by atoms with Crippen LogP contribution in [0.1, 0.15) is 75.7 Å². The van der Waals surface area contributed by atoms with Gasteiger partial charge in [-0.25, -0.2) is 0 Å². The van der Waals surface area contributed by atoms with E-state index in [9.17, 15) is 4.79 Å². The number of hydrogen-bond acceptors (Lipinski definition) is 9. The predicted molar refractivity (Wildman–Crippen MR) is 160 cm³/mol. The van der Waals surface area contributed by atoms with Crippen molar-refractivity contribution in [2.75, 3.05) is 52.5 Å². The molecule has 44 heavy (non-hydrogen) atoms. The van der Waals surface area contributed by atoms with E-state index in [4.69, 9.17) is 39.6 Å². The van der Waals surface area contributed by atoms with Gasteiger partial charge >= 0.3 is 0 Å². The molecule has 11 nitrogen and oxygen atoms in total. The van der Waals surface area contributed by atoms with Crippen LogP contribution < -0.4 is 15.8 Å². The van der Waals surface area contributed by atoms with Gasteiger partial charge in [0.2, 0.25) is 17.5 Å². The number of amides is 1. The summed E-state index contributed by atoms with van der Waals surface area (Å²) in [7, 11) is 0. The first-order chi connectivity index (χ1) is 21.4. The van der Waals surface area contributed by atoms with E-state index in [-0.39, 0.29) is 29.6 Å². The molecule has 244 valence electrons. The first-order valence-electron chi connectivity index (χ1n) is 16.6. The number of carbonyl (C=O) groups excluding carboxylic acids is 1. The zero-order valence-corrected chi connectivity index (χ0v) is 25.8. The van der Waals surface area contributed by atoms with Crippen molar-refractivity contribution in [1.29, 1.82) is 0 Å². The van der Waals surface area contributed by atoms with Gasteiger partial charge in [0.15, 0.2) is 0 Å². The maximum atomic E-state index is 13.3. The molecule has 7 fully saturated rings. The lowest BCUT2D eigenvalue weighted by atomic mass is 9.47. The third-order valence-electron chi connectivity index (χ3n) is 11.0. The van der Waals surface area contributed by atoms with E-state index < -0.39 is 11.6 Å². The van der Waals surface area contributed by atoms with E-state index in [1.165, 1.54) is 5.56 Å². The average molecular weight is 616 g/mol. The first-order valence-corrected chi connectivity index (χ1v) is 16.6. The van der Waals surface area contributed by atoms with E-state index in [2.05, 4.69) is 34.5 Å². The van der Waals surface area contributed by atoms with Gasteiger partial charge in [0.05, 0.1) is 18.6 Å². The zero-order valence-electron chi connectivity index (χ0n) is 25.8. The van der Waals surface area contributed by atoms with Crippen molar-refractivity contribution in [3.63, 3.8) is 0 Å². The van der Waals surface area contributed by atoms with Crippen LogP contribution in [0.2, 0.25) is 0 Å². The molecule has 1 aromatic rings. The highest BCUT2D eigenvalue weighted by molar-refractivity contribution is 5.83. The summed E-state index contributed by atoms with van der Waals surface area (Å²) in [6.45, 7) is 6.25. The molecule has 2 atom stereocenters. The Morgan fingerprint density at radius 3 is 2.41 bits per heavy atom. The normalized spacial score (nSPS) is 37.5. The Morgan fingerprint density at radius 1 is 1.07 bits per heavy atom. The van der Waals surface area contributed by atoms with Crippen LogP contribution in [-0.2, 0) is 28.8 Å². The molecule has 2 aliphatic heterocycles. The fourth-order valence-electron chi connectivity index (χ4n) is 8.99. The van der Waals surface area contributed by atoms with Crippen LogP contribution in [0.4, 0.5) is 0 Å². The average Bonchev–Trinajstić information content (AvgIpc) is 3.41. The predicted octanol–water partition coefficient (Wildman–Crippen LogP) is 3.42. The number of carbonyl (C=O) groups is 2. The van der Waals surface area contributed by atoms with E-state index in [0.29, 0.717) is 31.5 Å². The minimum atomic E-state index is -0.689. The second-order valence-corrected chi connectivity index (χ2v) is 13.7. The number of rotatable bonds is 9. The lowest BCUT2D eigenvalue weighted by molar-refractivity contribution is -0.393. The van der Waals surface area contributed by atoms with Gasteiger partial charge in [-0.05, 0) is 87.4 Å². The molecule has 4 N–H and O–H groups in total. The van der Waals surface area contributed by atoms with Gasteiger partial charge in [-0.1, -0.05) is 12.1 Å². The molecule has 1 amide bonds. The highest BCUT2D eigenvalue weighted by Crippen LogP contribution is 2.67. The molecular formula is C33H49N3O8. The van der Waals surface area contributed by atoms with Gasteiger partial charge in [-0.3, -0.25) is 14.5 Å². The minimum Gasteiger partial charge on any atom is -0.492 e. The third-order valence-corrected chi connectivity index (χ3v) is 11.0. The Bertz CT molecular complexity index is 1100. The Hall–Kier alpha value is -2.28. The van der Waals surface area contributed by atoms with Crippen LogP contribution in [0.5, 0.6) is 5.75 Å². The summed E-state index contributed by atoms with van der Waals surface area (Å²) in [6.07, 6.45) is 9.26. The number of hydrogen-bond donors (Lipinski definition) is 3. The quantitative estimate of drug-likeness (QED) is 0.215. The van der Waals surface area contributed by atoms with Crippen molar-refractivity contribution in [1.82, 2.24) is 10.2 Å². The lowest BCUT2D eigenvalue weighted by Crippen LogP contribution is -2.65. The van der Waals surface area contributed by atoms with E-state index >= 15 is 0 Å². The van der Waals surface area contributed by atoms with E-state index in [1.54, 1.807) is 0 Å². The highest BCUT2D eigenvalue weighted by atomic mass is 17.3. The van der Waals surface area contributed by atoms with Crippen LogP contribution in [-0.4, -0.2) is 86.5 Å². The van der Waals surface area contributed by atoms with Crippen LogP contribution >= 0.6 is 0 Å². The Labute approximate surface area is 260 Å². The van der Waals surface area contributed by atoms with Crippen molar-refractivity contribution < 1.29 is 38.7 Å². The van der Waals surface area contributed by atoms with Crippen LogP contribution in [0.15, 0.2) is 24.3 Å². The monoisotopic (exact) mass is 615 g/mol. The minimum absolute atomic E-state index is 0.210. The van der Waals surface area contributed by atoms with Gasteiger partial charge in [0.1, 0.15) is 12.4 Å². The van der Waals surface area contributed by atoms with Gasteiger partial charge in [0.25, 0.3) is 6.47 Å². The largest absolute Gasteiger partial charge is 0.492 e. The number of nitrogens with two attached hydrogens (primary N) is 1. The Balaban J connectivity index is 0.00000110. The summed E-state index contributed by atoms with van der Waals surface area (Å²) in [5.41, 5.74) is 6.72. The van der Waals surface area contributed by atoms with Gasteiger partial charge in [-0.2, -0.15) is 9.78 Å². The molecule has 5 aliphatic carbocycles. The number of nitrogens with one attached hydrogen (secondary N) is 1. The van der Waals surface area contributed by atoms with Crippen LogP contribution in [0, 0.1) is 23.2 Å². The maximum Gasteiger partial charge on any atom is 0.290 e. The van der Waals surface area contributed by atoms with Gasteiger partial charge in [-0.15, -0.1) is 0 Å². The van der Waals surface area contributed by atoms with Crippen molar-refractivity contribution in [2.45, 2.75) is 81.7 Å². The highest BCUT2D eigenvalue weighted by Gasteiger charge is 2.71. The van der Waals surface area contributed by atoms with Crippen LogP contribution in [0.25, 0.3) is 0 Å². The smallest absolute Gasteiger partial charge is 0.290 e. The number of morpholine rings is 1. The molecule has 0 aromatic heterocycles. The Kier molecular flexibility index (Phi) is 9.80. The Morgan fingerprint density at radius 2 is 1.75 bits per heavy atom. The third kappa shape index (κ3) is 6.37. The van der Waals surface area contributed by atoms with Gasteiger partial charge in [0, 0.05) is 50.9 Å². The molecule has 8 rings (SSSR count). The summed E-state index contributed by atoms with van der Waals surface area (Å²) < 4.78 is 18.4. The molecule has 2 heterocycles. The molecule has 0 radical (unpaired) electrons. The summed E-state index contributed by atoms with van der Waals surface area (Å²) in [4.78, 5) is 36.5. The number of ether oxygens (including phenoxy) is 3. The fraction of sp³-hybridized carbons (Fsp3) is 0.758. The van der Waals surface area contributed by atoms with Crippen molar-refractivity contribution in [2.24, 2.45) is 28.9 Å². The topological polar surface area (TPSA) is 142 Å². The molecule has 2 saturated heterocycles. The standard InChI is InChI=1S/C32H47N3O6.CH2O2/c33-10-1-11-34-29(36)30-20-23-18-26(21-30)32(27(19-23)22-30)39-31(40-41-32)8-6-25(7-9-31)24-2-4-28(5-3-24)38-17-14-35-12-15-37-16-13-35;2-1-3/h2-5,23,25-27H,1,6-22,33H2,(H,34,36);1H,(H,2,3). The SMILES string of the molecule is NCCCNC(=O)C12CC3CC(C1)C1(OOC4(CCC(c5ccc(OCCN6CCOCC6)cc5)CC4)O1)C(C3)C2.O=CO. The second-order valence-electron chi connectivity index (χ2n) is 13.7. The second kappa shape index (κ2) is 13.6. The molecule has 2 unspecified atom stereocenters. The first kappa shape index (κ1) is 31.7.